The Bertz CT molecular complexity index is 1470. The molecule has 0 aliphatic heterocycles. The number of carbonyl (C=O) groups is 2. The summed E-state index contributed by atoms with van der Waals surface area (Å²) in [4.78, 5) is 29.8. The summed E-state index contributed by atoms with van der Waals surface area (Å²) in [5.41, 5.74) is 1.95. The van der Waals surface area contributed by atoms with Crippen molar-refractivity contribution >= 4 is 62.5 Å². The highest BCUT2D eigenvalue weighted by Gasteiger charge is 2.33. The van der Waals surface area contributed by atoms with Gasteiger partial charge in [-0.1, -0.05) is 67.2 Å². The van der Waals surface area contributed by atoms with Gasteiger partial charge in [0.05, 0.1) is 20.6 Å². The monoisotopic (exact) mass is 649 g/mol. The predicted molar refractivity (Wildman–Crippen MR) is 173 cm³/mol. The van der Waals surface area contributed by atoms with Crippen LogP contribution in [0, 0.1) is 6.92 Å². The first kappa shape index (κ1) is 33.8. The molecule has 42 heavy (non-hydrogen) atoms. The fourth-order valence-electron chi connectivity index (χ4n) is 4.38. The van der Waals surface area contributed by atoms with Crippen molar-refractivity contribution < 1.29 is 18.0 Å². The number of hydrogen-bond donors (Lipinski definition) is 1. The van der Waals surface area contributed by atoms with Crippen LogP contribution in [-0.4, -0.2) is 50.5 Å². The molecule has 2 amide bonds. The lowest BCUT2D eigenvalue weighted by molar-refractivity contribution is -0.140. The topological polar surface area (TPSA) is 86.8 Å². The number of thioether (sulfide) groups is 1. The van der Waals surface area contributed by atoms with Gasteiger partial charge in [0.2, 0.25) is 11.8 Å². The Labute approximate surface area is 263 Å². The third kappa shape index (κ3) is 8.66. The molecular formula is C31H37Cl2N3O4S2. The van der Waals surface area contributed by atoms with Gasteiger partial charge in [0, 0.05) is 18.0 Å². The van der Waals surface area contributed by atoms with Crippen molar-refractivity contribution in [1.29, 1.82) is 0 Å². The molecule has 0 unspecified atom stereocenters. The van der Waals surface area contributed by atoms with Crippen molar-refractivity contribution in [3.05, 3.63) is 87.9 Å². The normalized spacial score (nSPS) is 12.0. The van der Waals surface area contributed by atoms with Gasteiger partial charge in [0.25, 0.3) is 10.0 Å². The van der Waals surface area contributed by atoms with Gasteiger partial charge in [-0.05, 0) is 80.1 Å². The number of sulfonamides is 1. The number of hydrogen-bond acceptors (Lipinski definition) is 5. The fraction of sp³-hybridized carbons (Fsp3) is 0.355. The van der Waals surface area contributed by atoms with Crippen LogP contribution in [0.5, 0.6) is 0 Å². The van der Waals surface area contributed by atoms with Crippen LogP contribution < -0.4 is 9.62 Å². The van der Waals surface area contributed by atoms with Crippen molar-refractivity contribution in [2.75, 3.05) is 23.7 Å². The largest absolute Gasteiger partial charge is 0.354 e. The number of benzene rings is 3. The number of halogens is 2. The molecule has 0 aromatic heterocycles. The number of anilines is 1. The van der Waals surface area contributed by atoms with Gasteiger partial charge in [-0.2, -0.15) is 0 Å². The van der Waals surface area contributed by atoms with E-state index < -0.39 is 28.5 Å². The van der Waals surface area contributed by atoms with E-state index in [0.717, 1.165) is 27.6 Å². The SMILES string of the molecule is CCCCNC(=O)[C@@H](CC)N(Cc1ccc(Cl)c(Cl)c1)C(=O)CN(c1ccc(C)cc1)S(=O)(=O)c1ccc(SC)cc1. The van der Waals surface area contributed by atoms with Crippen LogP contribution in [0.4, 0.5) is 5.69 Å². The van der Waals surface area contributed by atoms with Crippen LogP contribution in [0.2, 0.25) is 10.0 Å². The van der Waals surface area contributed by atoms with Crippen LogP contribution in [0.3, 0.4) is 0 Å². The molecule has 1 N–H and O–H groups in total. The first-order valence-electron chi connectivity index (χ1n) is 13.8. The zero-order valence-electron chi connectivity index (χ0n) is 24.3. The molecule has 3 aromatic rings. The molecule has 3 aromatic carbocycles. The average Bonchev–Trinajstić information content (AvgIpc) is 2.98. The third-order valence-electron chi connectivity index (χ3n) is 6.80. The molecule has 0 radical (unpaired) electrons. The van der Waals surface area contributed by atoms with E-state index in [1.54, 1.807) is 54.6 Å². The summed E-state index contributed by atoms with van der Waals surface area (Å²) >= 11 is 13.9. The number of aryl methyl sites for hydroxylation is 1. The van der Waals surface area contributed by atoms with Gasteiger partial charge in [-0.25, -0.2) is 8.42 Å². The first-order chi connectivity index (χ1) is 20.0. The van der Waals surface area contributed by atoms with Crippen LogP contribution in [0.15, 0.2) is 76.5 Å². The maximum absolute atomic E-state index is 14.1. The Morgan fingerprint density at radius 2 is 1.62 bits per heavy atom. The van der Waals surface area contributed by atoms with Crippen LogP contribution in [0.25, 0.3) is 0 Å². The summed E-state index contributed by atoms with van der Waals surface area (Å²) in [6, 6.07) is 17.7. The molecule has 0 heterocycles. The molecule has 0 aliphatic carbocycles. The number of carbonyl (C=O) groups excluding carboxylic acids is 2. The van der Waals surface area contributed by atoms with Crippen LogP contribution in [0.1, 0.15) is 44.2 Å². The molecule has 0 spiro atoms. The third-order valence-corrected chi connectivity index (χ3v) is 10.1. The molecule has 0 fully saturated rings. The van der Waals surface area contributed by atoms with E-state index in [4.69, 9.17) is 23.2 Å². The minimum atomic E-state index is -4.14. The molecular weight excluding hydrogens is 613 g/mol. The molecule has 1 atom stereocenters. The number of rotatable bonds is 14. The van der Waals surface area contributed by atoms with E-state index in [9.17, 15) is 18.0 Å². The smallest absolute Gasteiger partial charge is 0.264 e. The number of nitrogens with zero attached hydrogens (tertiary/aromatic N) is 2. The summed E-state index contributed by atoms with van der Waals surface area (Å²) < 4.78 is 29.1. The minimum absolute atomic E-state index is 0.0413. The summed E-state index contributed by atoms with van der Waals surface area (Å²) in [5.74, 6) is -0.819. The Morgan fingerprint density at radius 3 is 2.19 bits per heavy atom. The summed E-state index contributed by atoms with van der Waals surface area (Å²) in [5, 5.41) is 3.61. The Kier molecular flexibility index (Phi) is 12.6. The number of unbranched alkanes of at least 4 members (excludes halogenated alkanes) is 1. The molecule has 3 rings (SSSR count). The minimum Gasteiger partial charge on any atom is -0.354 e. The standard InChI is InChI=1S/C31H37Cl2N3O4S2/c1-5-7-18-34-31(38)29(6-2)35(20-23-10-17-27(32)28(33)19-23)30(37)21-36(24-11-8-22(3)9-12-24)42(39,40)26-15-13-25(41-4)14-16-26/h8-17,19,29H,5-7,18,20-21H2,1-4H3,(H,34,38)/t29-/m1/s1. The molecule has 7 nitrogen and oxygen atoms in total. The molecule has 0 saturated heterocycles. The zero-order valence-corrected chi connectivity index (χ0v) is 27.4. The molecule has 0 saturated carbocycles. The predicted octanol–water partition coefficient (Wildman–Crippen LogP) is 6.94. The first-order valence-corrected chi connectivity index (χ1v) is 17.2. The van der Waals surface area contributed by atoms with Gasteiger partial charge in [-0.15, -0.1) is 11.8 Å². The second kappa shape index (κ2) is 15.7. The van der Waals surface area contributed by atoms with Crippen molar-refractivity contribution in [2.24, 2.45) is 0 Å². The lowest BCUT2D eigenvalue weighted by Gasteiger charge is -2.33. The molecule has 0 bridgehead atoms. The maximum Gasteiger partial charge on any atom is 0.264 e. The van der Waals surface area contributed by atoms with Crippen molar-refractivity contribution in [3.63, 3.8) is 0 Å². The molecule has 0 aliphatic rings. The highest BCUT2D eigenvalue weighted by Crippen LogP contribution is 2.28. The summed E-state index contributed by atoms with van der Waals surface area (Å²) in [6.07, 6.45) is 3.95. The van der Waals surface area contributed by atoms with E-state index >= 15 is 0 Å². The Hall–Kier alpha value is -2.72. The van der Waals surface area contributed by atoms with E-state index in [0.29, 0.717) is 34.3 Å². The average molecular weight is 651 g/mol. The fourth-order valence-corrected chi connectivity index (χ4v) is 6.52. The summed E-state index contributed by atoms with van der Waals surface area (Å²) in [7, 11) is -4.14. The number of amides is 2. The van der Waals surface area contributed by atoms with Gasteiger partial charge >= 0.3 is 0 Å². The lowest BCUT2D eigenvalue weighted by atomic mass is 10.1. The quantitative estimate of drug-likeness (QED) is 0.151. The summed E-state index contributed by atoms with van der Waals surface area (Å²) in [6.45, 7) is 5.77. The molecule has 226 valence electrons. The Balaban J connectivity index is 2.04. The number of nitrogens with one attached hydrogen (secondary N) is 1. The second-order valence-electron chi connectivity index (χ2n) is 9.86. The van der Waals surface area contributed by atoms with Crippen LogP contribution >= 0.6 is 35.0 Å². The highest BCUT2D eigenvalue weighted by molar-refractivity contribution is 7.98. The van der Waals surface area contributed by atoms with Gasteiger partial charge in [0.15, 0.2) is 0 Å². The Morgan fingerprint density at radius 1 is 0.952 bits per heavy atom. The van der Waals surface area contributed by atoms with Crippen molar-refractivity contribution in [1.82, 2.24) is 10.2 Å². The van der Waals surface area contributed by atoms with Gasteiger partial charge < -0.3 is 10.2 Å². The van der Waals surface area contributed by atoms with E-state index in [2.05, 4.69) is 5.32 Å². The lowest BCUT2D eigenvalue weighted by Crippen LogP contribution is -2.52. The maximum atomic E-state index is 14.1. The van der Waals surface area contributed by atoms with Gasteiger partial charge in [0.1, 0.15) is 12.6 Å². The van der Waals surface area contributed by atoms with Crippen molar-refractivity contribution in [3.8, 4) is 0 Å². The highest BCUT2D eigenvalue weighted by atomic mass is 35.5. The van der Waals surface area contributed by atoms with Gasteiger partial charge in [-0.3, -0.25) is 13.9 Å². The van der Waals surface area contributed by atoms with Crippen LogP contribution in [-0.2, 0) is 26.2 Å². The van der Waals surface area contributed by atoms with E-state index in [1.165, 1.54) is 28.8 Å². The zero-order chi connectivity index (χ0) is 30.9. The molecule has 11 heteroatoms. The van der Waals surface area contributed by atoms with E-state index in [1.807, 2.05) is 27.0 Å². The van der Waals surface area contributed by atoms with E-state index in [-0.39, 0.29) is 17.3 Å². The van der Waals surface area contributed by atoms with Crippen molar-refractivity contribution in [2.45, 2.75) is 62.4 Å². The second-order valence-corrected chi connectivity index (χ2v) is 13.4.